The smallest absolute Gasteiger partial charge is 0.147 e. The van der Waals surface area contributed by atoms with Crippen LogP contribution >= 0.6 is 38.5 Å². The molecule has 1 aromatic heterocycles. The highest BCUT2D eigenvalue weighted by Crippen LogP contribution is 2.25. The Balaban J connectivity index is 2.91. The molecule has 0 aliphatic rings. The van der Waals surface area contributed by atoms with Crippen LogP contribution in [0.25, 0.3) is 11.0 Å². The number of benzene rings is 1. The Labute approximate surface area is 86.0 Å². The summed E-state index contributed by atoms with van der Waals surface area (Å²) in [5.74, 6) is 0. The van der Waals surface area contributed by atoms with Crippen LogP contribution in [0.3, 0.4) is 0 Å². The van der Waals surface area contributed by atoms with E-state index in [0.29, 0.717) is 0 Å². The van der Waals surface area contributed by atoms with E-state index in [1.807, 2.05) is 18.2 Å². The molecular formula is C8H4BrIO. The van der Waals surface area contributed by atoms with Crippen molar-refractivity contribution in [2.24, 2.45) is 0 Å². The largest absolute Gasteiger partial charge is 0.463 e. The van der Waals surface area contributed by atoms with E-state index in [2.05, 4.69) is 38.5 Å². The lowest BCUT2D eigenvalue weighted by Gasteiger charge is -1.93. The zero-order chi connectivity index (χ0) is 7.84. The highest BCUT2D eigenvalue weighted by Gasteiger charge is 2.01. The average Bonchev–Trinajstić information content (AvgIpc) is 2.34. The lowest BCUT2D eigenvalue weighted by atomic mass is 10.3. The first kappa shape index (κ1) is 7.61. The van der Waals surface area contributed by atoms with Crippen LogP contribution in [0, 0.1) is 3.57 Å². The molecule has 0 unspecified atom stereocenters. The Kier molecular flexibility index (Phi) is 1.93. The number of halogens is 2. The Morgan fingerprint density at radius 1 is 1.36 bits per heavy atom. The van der Waals surface area contributed by atoms with E-state index >= 15 is 0 Å². The quantitative estimate of drug-likeness (QED) is 0.672. The van der Waals surface area contributed by atoms with Gasteiger partial charge in [-0.3, -0.25) is 0 Å². The Morgan fingerprint density at radius 2 is 2.18 bits per heavy atom. The van der Waals surface area contributed by atoms with Crippen LogP contribution < -0.4 is 0 Å². The molecule has 56 valence electrons. The van der Waals surface area contributed by atoms with Crippen LogP contribution in [0.5, 0.6) is 0 Å². The summed E-state index contributed by atoms with van der Waals surface area (Å²) in [5.41, 5.74) is 0.966. The molecule has 0 N–H and O–H groups in total. The van der Waals surface area contributed by atoms with Gasteiger partial charge in [-0.05, 0) is 40.8 Å². The van der Waals surface area contributed by atoms with Gasteiger partial charge in [-0.2, -0.15) is 0 Å². The standard InChI is InChI=1S/C8H4BrIO/c9-6-3-5-1-2-11-8(5)7(10)4-6/h1-4H. The molecule has 0 atom stereocenters. The van der Waals surface area contributed by atoms with Gasteiger partial charge in [0.1, 0.15) is 5.58 Å². The van der Waals surface area contributed by atoms with Crippen LogP contribution in [-0.2, 0) is 0 Å². The van der Waals surface area contributed by atoms with Gasteiger partial charge in [0, 0.05) is 9.86 Å². The van der Waals surface area contributed by atoms with Crippen molar-refractivity contribution in [1.82, 2.24) is 0 Å². The molecule has 0 bridgehead atoms. The molecule has 0 saturated heterocycles. The number of hydrogen-bond donors (Lipinski definition) is 0. The third-order valence-corrected chi connectivity index (χ3v) is 2.73. The molecule has 11 heavy (non-hydrogen) atoms. The van der Waals surface area contributed by atoms with E-state index in [9.17, 15) is 0 Å². The first-order valence-corrected chi connectivity index (χ1v) is 4.97. The van der Waals surface area contributed by atoms with Crippen molar-refractivity contribution in [2.75, 3.05) is 0 Å². The Morgan fingerprint density at radius 3 is 3.00 bits per heavy atom. The second-order valence-electron chi connectivity index (χ2n) is 2.23. The molecule has 0 aliphatic heterocycles. The van der Waals surface area contributed by atoms with Gasteiger partial charge < -0.3 is 4.42 Å². The Hall–Kier alpha value is -0.0300. The summed E-state index contributed by atoms with van der Waals surface area (Å²) >= 11 is 5.68. The van der Waals surface area contributed by atoms with E-state index in [-0.39, 0.29) is 0 Å². The second kappa shape index (κ2) is 2.79. The molecule has 0 amide bonds. The summed E-state index contributed by atoms with van der Waals surface area (Å²) in [4.78, 5) is 0. The van der Waals surface area contributed by atoms with E-state index in [0.717, 1.165) is 19.0 Å². The topological polar surface area (TPSA) is 13.1 Å². The van der Waals surface area contributed by atoms with Gasteiger partial charge >= 0.3 is 0 Å². The molecule has 0 spiro atoms. The van der Waals surface area contributed by atoms with Gasteiger partial charge in [0.15, 0.2) is 0 Å². The molecule has 1 aromatic carbocycles. The minimum Gasteiger partial charge on any atom is -0.463 e. The fourth-order valence-electron chi connectivity index (χ4n) is 1.00. The van der Waals surface area contributed by atoms with Gasteiger partial charge in [-0.1, -0.05) is 15.9 Å². The molecule has 0 aliphatic carbocycles. The predicted molar refractivity (Wildman–Crippen MR) is 56.6 cm³/mol. The van der Waals surface area contributed by atoms with Crippen molar-refractivity contribution in [3.05, 3.63) is 32.5 Å². The van der Waals surface area contributed by atoms with Crippen LogP contribution in [0.4, 0.5) is 0 Å². The number of fused-ring (bicyclic) bond motifs is 1. The molecule has 2 rings (SSSR count). The predicted octanol–water partition coefficient (Wildman–Crippen LogP) is 3.80. The zero-order valence-corrected chi connectivity index (χ0v) is 9.22. The van der Waals surface area contributed by atoms with E-state index in [1.165, 1.54) is 0 Å². The van der Waals surface area contributed by atoms with Crippen LogP contribution in [0.15, 0.2) is 33.4 Å². The summed E-state index contributed by atoms with van der Waals surface area (Å²) < 4.78 is 7.50. The first-order chi connectivity index (χ1) is 5.27. The van der Waals surface area contributed by atoms with E-state index in [1.54, 1.807) is 6.26 Å². The van der Waals surface area contributed by atoms with Crippen molar-refractivity contribution in [2.45, 2.75) is 0 Å². The summed E-state index contributed by atoms with van der Waals surface area (Å²) in [6, 6.07) is 6.04. The minimum atomic E-state index is 0.966. The van der Waals surface area contributed by atoms with Gasteiger partial charge in [0.25, 0.3) is 0 Å². The van der Waals surface area contributed by atoms with E-state index in [4.69, 9.17) is 4.42 Å². The third kappa shape index (κ3) is 1.31. The van der Waals surface area contributed by atoms with Crippen molar-refractivity contribution in [3.63, 3.8) is 0 Å². The maximum atomic E-state index is 5.28. The first-order valence-electron chi connectivity index (χ1n) is 3.09. The van der Waals surface area contributed by atoms with Crippen LogP contribution in [0.2, 0.25) is 0 Å². The number of rotatable bonds is 0. The molecule has 0 radical (unpaired) electrons. The fourth-order valence-corrected chi connectivity index (χ4v) is 2.68. The molecule has 2 aromatic rings. The van der Waals surface area contributed by atoms with Crippen LogP contribution in [-0.4, -0.2) is 0 Å². The molecule has 3 heteroatoms. The fraction of sp³-hybridized carbons (Fsp3) is 0. The summed E-state index contributed by atoms with van der Waals surface area (Å²) in [5, 5.41) is 1.14. The Bertz CT molecular complexity index is 394. The van der Waals surface area contributed by atoms with Gasteiger partial charge in [0.05, 0.1) is 9.83 Å². The molecular weight excluding hydrogens is 319 g/mol. The monoisotopic (exact) mass is 322 g/mol. The van der Waals surface area contributed by atoms with Crippen molar-refractivity contribution < 1.29 is 4.42 Å². The van der Waals surface area contributed by atoms with Crippen molar-refractivity contribution in [1.29, 1.82) is 0 Å². The summed E-state index contributed by atoms with van der Waals surface area (Å²) in [6.45, 7) is 0. The van der Waals surface area contributed by atoms with E-state index < -0.39 is 0 Å². The molecule has 1 nitrogen and oxygen atoms in total. The maximum Gasteiger partial charge on any atom is 0.147 e. The lowest BCUT2D eigenvalue weighted by molar-refractivity contribution is 0.614. The third-order valence-electron chi connectivity index (χ3n) is 1.47. The van der Waals surface area contributed by atoms with Gasteiger partial charge in [0.2, 0.25) is 0 Å². The highest BCUT2D eigenvalue weighted by atomic mass is 127. The van der Waals surface area contributed by atoms with Gasteiger partial charge in [-0.15, -0.1) is 0 Å². The summed E-state index contributed by atoms with van der Waals surface area (Å²) in [7, 11) is 0. The van der Waals surface area contributed by atoms with Crippen LogP contribution in [0.1, 0.15) is 0 Å². The zero-order valence-electron chi connectivity index (χ0n) is 5.47. The maximum absolute atomic E-state index is 5.28. The van der Waals surface area contributed by atoms with Crippen molar-refractivity contribution >= 4 is 49.5 Å². The average molecular weight is 323 g/mol. The minimum absolute atomic E-state index is 0.966. The molecule has 1 heterocycles. The highest BCUT2D eigenvalue weighted by molar-refractivity contribution is 14.1. The van der Waals surface area contributed by atoms with Crippen molar-refractivity contribution in [3.8, 4) is 0 Å². The SMILES string of the molecule is Brc1cc(I)c2occc2c1. The normalized spacial score (nSPS) is 10.7. The number of furan rings is 1. The summed E-state index contributed by atoms with van der Waals surface area (Å²) in [6.07, 6.45) is 1.71. The van der Waals surface area contributed by atoms with Gasteiger partial charge in [-0.25, -0.2) is 0 Å². The number of hydrogen-bond acceptors (Lipinski definition) is 1. The molecule has 0 saturated carbocycles. The second-order valence-corrected chi connectivity index (χ2v) is 4.30. The molecule has 0 fully saturated rings. The lowest BCUT2D eigenvalue weighted by Crippen LogP contribution is -1.72.